The van der Waals surface area contributed by atoms with Crippen LogP contribution in [-0.2, 0) is 11.2 Å². The van der Waals surface area contributed by atoms with Gasteiger partial charge in [0.15, 0.2) is 6.54 Å². The van der Waals surface area contributed by atoms with Crippen molar-refractivity contribution >= 4 is 28.2 Å². The average Bonchev–Trinajstić information content (AvgIpc) is 3.04. The van der Waals surface area contributed by atoms with E-state index in [-0.39, 0.29) is 18.5 Å². The van der Waals surface area contributed by atoms with Crippen molar-refractivity contribution in [2.45, 2.75) is 40.2 Å². The Morgan fingerprint density at radius 2 is 1.78 bits per heavy atom. The number of rotatable bonds is 9. The summed E-state index contributed by atoms with van der Waals surface area (Å²) in [6.45, 7) is 9.03. The summed E-state index contributed by atoms with van der Waals surface area (Å²) in [5, 5.41) is 7.11. The second kappa shape index (κ2) is 9.67. The van der Waals surface area contributed by atoms with Crippen LogP contribution in [0.2, 0.25) is 0 Å². The van der Waals surface area contributed by atoms with Crippen LogP contribution < -0.4 is 16.4 Å². The van der Waals surface area contributed by atoms with E-state index >= 15 is 0 Å². The van der Waals surface area contributed by atoms with Crippen LogP contribution in [0.15, 0.2) is 35.7 Å². The molecule has 0 aliphatic rings. The lowest BCUT2D eigenvalue weighted by Gasteiger charge is -2.20. The van der Waals surface area contributed by atoms with Crippen molar-refractivity contribution in [2.24, 2.45) is 17.6 Å². The van der Waals surface area contributed by atoms with Crippen molar-refractivity contribution in [3.05, 3.63) is 52.4 Å². The van der Waals surface area contributed by atoms with Gasteiger partial charge in [0.25, 0.3) is 11.8 Å². The van der Waals surface area contributed by atoms with E-state index in [0.717, 1.165) is 6.42 Å². The Morgan fingerprint density at radius 3 is 2.33 bits per heavy atom. The van der Waals surface area contributed by atoms with Crippen LogP contribution >= 0.6 is 11.3 Å². The molecule has 1 aromatic heterocycles. The molecule has 0 radical (unpaired) electrons. The number of quaternary nitrogens is 1. The largest absolute Gasteiger partial charge is 0.366 e. The molecule has 27 heavy (non-hydrogen) atoms. The molecule has 0 saturated heterocycles. The van der Waals surface area contributed by atoms with E-state index in [4.69, 9.17) is 5.73 Å². The number of carbonyl (C=O) groups excluding carboxylic acids is 2. The van der Waals surface area contributed by atoms with Gasteiger partial charge in [-0.25, -0.2) is 0 Å². The normalized spacial score (nSPS) is 12.4. The van der Waals surface area contributed by atoms with Crippen LogP contribution in [0.1, 0.15) is 55.2 Å². The molecular formula is C21H30N3O2S+. The minimum Gasteiger partial charge on any atom is -0.366 e. The maximum atomic E-state index is 12.3. The number of nitrogens with one attached hydrogen (secondary N) is 1. The molecule has 2 rings (SSSR count). The zero-order chi connectivity index (χ0) is 20.0. The van der Waals surface area contributed by atoms with Gasteiger partial charge in [0.05, 0.1) is 5.56 Å². The third-order valence-corrected chi connectivity index (χ3v) is 5.30. The number of hydrogen-bond acceptors (Lipinski definition) is 3. The number of carbonyl (C=O) groups is 2. The van der Waals surface area contributed by atoms with Crippen LogP contribution in [0.25, 0.3) is 0 Å². The topological polar surface area (TPSA) is 88.8 Å². The number of hydrogen-bond donors (Lipinski definition) is 3. The summed E-state index contributed by atoms with van der Waals surface area (Å²) in [6.07, 6.45) is 1.07. The molecule has 1 atom stereocenters. The first-order valence-corrected chi connectivity index (χ1v) is 10.2. The molecule has 6 heteroatoms. The van der Waals surface area contributed by atoms with E-state index in [1.807, 2.05) is 0 Å². The average molecular weight is 389 g/mol. The Hall–Kier alpha value is -2.18. The number of benzene rings is 1. The molecule has 0 unspecified atom stereocenters. The third-order valence-electron chi connectivity index (χ3n) is 4.47. The van der Waals surface area contributed by atoms with Crippen LogP contribution in [0.3, 0.4) is 0 Å². The van der Waals surface area contributed by atoms with Crippen molar-refractivity contribution in [3.63, 3.8) is 0 Å². The van der Waals surface area contributed by atoms with Crippen molar-refractivity contribution in [3.8, 4) is 0 Å². The SMILES string of the molecule is CC(C)Cc1ccc([C@H]([NH2+]CC(=O)Nc2sccc2C(N)=O)C(C)C)cc1. The molecule has 146 valence electrons. The number of primary amides is 1. The second-order valence-electron chi connectivity index (χ2n) is 7.63. The van der Waals surface area contributed by atoms with Gasteiger partial charge >= 0.3 is 0 Å². The molecule has 2 amide bonds. The van der Waals surface area contributed by atoms with Crippen molar-refractivity contribution in [1.29, 1.82) is 0 Å². The standard InChI is InChI=1S/C21H29N3O2S/c1-13(2)11-15-5-7-16(8-6-15)19(14(3)4)23-12-18(25)24-21-17(20(22)26)9-10-27-21/h5-10,13-14,19,23H,11-12H2,1-4H3,(H2,22,26)(H,24,25)/p+1/t19-/m1/s1. The van der Waals surface area contributed by atoms with E-state index < -0.39 is 5.91 Å². The van der Waals surface area contributed by atoms with Gasteiger partial charge in [-0.05, 0) is 29.3 Å². The maximum Gasteiger partial charge on any atom is 0.280 e. The molecule has 0 saturated carbocycles. The first-order chi connectivity index (χ1) is 12.8. The smallest absolute Gasteiger partial charge is 0.280 e. The molecule has 5 N–H and O–H groups in total. The summed E-state index contributed by atoms with van der Waals surface area (Å²) in [5.74, 6) is 0.352. The van der Waals surface area contributed by atoms with Crippen molar-refractivity contribution in [1.82, 2.24) is 0 Å². The van der Waals surface area contributed by atoms with Crippen LogP contribution in [0.5, 0.6) is 0 Å². The summed E-state index contributed by atoms with van der Waals surface area (Å²) in [7, 11) is 0. The minimum atomic E-state index is -0.530. The maximum absolute atomic E-state index is 12.3. The number of nitrogens with two attached hydrogens (primary N) is 2. The van der Waals surface area contributed by atoms with Gasteiger partial charge < -0.3 is 16.4 Å². The molecule has 0 fully saturated rings. The highest BCUT2D eigenvalue weighted by molar-refractivity contribution is 7.14. The highest BCUT2D eigenvalue weighted by Gasteiger charge is 2.21. The zero-order valence-corrected chi connectivity index (χ0v) is 17.3. The predicted octanol–water partition coefficient (Wildman–Crippen LogP) is 2.94. The lowest BCUT2D eigenvalue weighted by atomic mass is 9.94. The Morgan fingerprint density at radius 1 is 1.11 bits per heavy atom. The molecule has 0 spiro atoms. The van der Waals surface area contributed by atoms with Gasteiger partial charge in [-0.15, -0.1) is 11.3 Å². The minimum absolute atomic E-state index is 0.137. The van der Waals surface area contributed by atoms with Gasteiger partial charge in [0.2, 0.25) is 0 Å². The molecule has 1 aromatic carbocycles. The summed E-state index contributed by atoms with van der Waals surface area (Å²) in [4.78, 5) is 23.7. The lowest BCUT2D eigenvalue weighted by molar-refractivity contribution is -0.692. The highest BCUT2D eigenvalue weighted by atomic mass is 32.1. The van der Waals surface area contributed by atoms with Crippen molar-refractivity contribution in [2.75, 3.05) is 11.9 Å². The zero-order valence-electron chi connectivity index (χ0n) is 16.5. The number of anilines is 1. The van der Waals surface area contributed by atoms with Gasteiger partial charge in [-0.3, -0.25) is 9.59 Å². The molecule has 2 aromatic rings. The molecule has 1 heterocycles. The van der Waals surface area contributed by atoms with Gasteiger partial charge in [0, 0.05) is 11.5 Å². The van der Waals surface area contributed by atoms with Gasteiger partial charge in [0.1, 0.15) is 11.0 Å². The monoisotopic (exact) mass is 388 g/mol. The molecule has 0 aliphatic heterocycles. The summed E-state index contributed by atoms with van der Waals surface area (Å²) < 4.78 is 0. The fourth-order valence-electron chi connectivity index (χ4n) is 3.15. The third kappa shape index (κ3) is 6.19. The Balaban J connectivity index is 1.98. The Labute approximate surface area is 165 Å². The number of amides is 2. The molecule has 0 bridgehead atoms. The summed E-state index contributed by atoms with van der Waals surface area (Å²) in [5.41, 5.74) is 8.24. The number of thiophene rings is 1. The first-order valence-electron chi connectivity index (χ1n) is 9.37. The Bertz CT molecular complexity index is 766. The van der Waals surface area contributed by atoms with Gasteiger partial charge in [-0.2, -0.15) is 0 Å². The van der Waals surface area contributed by atoms with Crippen LogP contribution in [0, 0.1) is 11.8 Å². The van der Waals surface area contributed by atoms with Crippen LogP contribution in [0.4, 0.5) is 5.00 Å². The van der Waals surface area contributed by atoms with E-state index in [2.05, 4.69) is 62.6 Å². The Kier molecular flexibility index (Phi) is 7.56. The van der Waals surface area contributed by atoms with E-state index in [1.54, 1.807) is 11.4 Å². The van der Waals surface area contributed by atoms with E-state index in [9.17, 15) is 9.59 Å². The molecule has 5 nitrogen and oxygen atoms in total. The van der Waals surface area contributed by atoms with Crippen LogP contribution in [-0.4, -0.2) is 18.4 Å². The van der Waals surface area contributed by atoms with E-state index in [1.165, 1.54) is 22.5 Å². The predicted molar refractivity (Wildman–Crippen MR) is 111 cm³/mol. The first kappa shape index (κ1) is 21.1. The van der Waals surface area contributed by atoms with Gasteiger partial charge in [-0.1, -0.05) is 52.0 Å². The highest BCUT2D eigenvalue weighted by Crippen LogP contribution is 2.22. The quantitative estimate of drug-likeness (QED) is 0.616. The fraction of sp³-hybridized carbons (Fsp3) is 0.429. The van der Waals surface area contributed by atoms with E-state index in [0.29, 0.717) is 22.4 Å². The van der Waals surface area contributed by atoms with Crippen molar-refractivity contribution < 1.29 is 14.9 Å². The lowest BCUT2D eigenvalue weighted by Crippen LogP contribution is -2.88. The molecule has 0 aliphatic carbocycles. The summed E-state index contributed by atoms with van der Waals surface area (Å²) in [6, 6.07) is 10.5. The summed E-state index contributed by atoms with van der Waals surface area (Å²) >= 11 is 1.30. The fourth-order valence-corrected chi connectivity index (χ4v) is 3.96. The second-order valence-corrected chi connectivity index (χ2v) is 8.54. The molecular weight excluding hydrogens is 358 g/mol.